The lowest BCUT2D eigenvalue weighted by Gasteiger charge is -2.07. The number of thiophene rings is 1. The fourth-order valence-electron chi connectivity index (χ4n) is 3.43. The molecule has 2 aromatic heterocycles. The molecule has 0 saturated carbocycles. The van der Waals surface area contributed by atoms with E-state index in [1.54, 1.807) is 67.0 Å². The zero-order chi connectivity index (χ0) is 22.8. The fourth-order valence-corrected chi connectivity index (χ4v) is 4.05. The van der Waals surface area contributed by atoms with Crippen LogP contribution in [-0.2, 0) is 4.79 Å². The monoisotopic (exact) mass is 455 g/mol. The number of ketones is 1. The van der Waals surface area contributed by atoms with Crippen molar-refractivity contribution < 1.29 is 14.4 Å². The van der Waals surface area contributed by atoms with E-state index in [1.807, 2.05) is 11.4 Å². The van der Waals surface area contributed by atoms with Crippen molar-refractivity contribution >= 4 is 51.7 Å². The van der Waals surface area contributed by atoms with Gasteiger partial charge in [0.15, 0.2) is 11.6 Å². The molecule has 0 saturated heterocycles. The van der Waals surface area contributed by atoms with Crippen molar-refractivity contribution in [1.29, 1.82) is 0 Å². The van der Waals surface area contributed by atoms with Gasteiger partial charge in [0.2, 0.25) is 0 Å². The van der Waals surface area contributed by atoms with E-state index >= 15 is 0 Å². The summed E-state index contributed by atoms with van der Waals surface area (Å²) in [5.74, 6) is -0.0683. The average molecular weight is 455 g/mol. The highest BCUT2D eigenvalue weighted by molar-refractivity contribution is 7.12. The molecule has 1 aliphatic heterocycles. The third kappa shape index (κ3) is 4.17. The summed E-state index contributed by atoms with van der Waals surface area (Å²) in [5, 5.41) is 17.1. The summed E-state index contributed by atoms with van der Waals surface area (Å²) < 4.78 is 0. The Morgan fingerprint density at radius 3 is 2.55 bits per heavy atom. The number of nitrogens with zero attached hydrogens (tertiary/aromatic N) is 1. The minimum Gasteiger partial charge on any atom is -0.344 e. The first-order valence-corrected chi connectivity index (χ1v) is 10.9. The number of aromatic nitrogens is 2. The van der Waals surface area contributed by atoms with Gasteiger partial charge in [0, 0.05) is 46.5 Å². The highest BCUT2D eigenvalue weighted by Gasteiger charge is 2.25. The minimum atomic E-state index is -0.261. The highest BCUT2D eigenvalue weighted by Crippen LogP contribution is 2.33. The summed E-state index contributed by atoms with van der Waals surface area (Å²) in [6.07, 6.45) is 3.23. The maximum absolute atomic E-state index is 13.1. The molecule has 0 spiro atoms. The summed E-state index contributed by atoms with van der Waals surface area (Å²) in [7, 11) is 0. The lowest BCUT2D eigenvalue weighted by Crippen LogP contribution is -2.10. The lowest BCUT2D eigenvalue weighted by atomic mass is 9.98. The van der Waals surface area contributed by atoms with Gasteiger partial charge < -0.3 is 16.0 Å². The summed E-state index contributed by atoms with van der Waals surface area (Å²) in [5.41, 5.74) is 3.21. The van der Waals surface area contributed by atoms with Crippen LogP contribution in [0.15, 0.2) is 78.4 Å². The molecule has 3 heterocycles. The first-order chi connectivity index (χ1) is 16.1. The molecule has 0 atom stereocenters. The molecule has 0 aliphatic carbocycles. The van der Waals surface area contributed by atoms with E-state index in [4.69, 9.17) is 0 Å². The van der Waals surface area contributed by atoms with Crippen LogP contribution in [0.4, 0.5) is 17.2 Å². The predicted molar refractivity (Wildman–Crippen MR) is 127 cm³/mol. The summed E-state index contributed by atoms with van der Waals surface area (Å²) in [6.45, 7) is 0. The number of benzene rings is 2. The van der Waals surface area contributed by atoms with Crippen molar-refractivity contribution in [2.24, 2.45) is 0 Å². The molecule has 2 amide bonds. The van der Waals surface area contributed by atoms with E-state index in [9.17, 15) is 14.4 Å². The second-order valence-electron chi connectivity index (χ2n) is 7.21. The molecule has 1 aliphatic rings. The Bertz CT molecular complexity index is 1370. The molecule has 0 unspecified atom stereocenters. The van der Waals surface area contributed by atoms with E-state index in [0.717, 1.165) is 0 Å². The summed E-state index contributed by atoms with van der Waals surface area (Å²) in [4.78, 5) is 38.3. The first kappa shape index (κ1) is 20.4. The molecular formula is C24H17N5O3S. The van der Waals surface area contributed by atoms with Crippen molar-refractivity contribution in [2.45, 2.75) is 0 Å². The molecule has 0 bridgehead atoms. The van der Waals surface area contributed by atoms with Crippen LogP contribution >= 0.6 is 11.3 Å². The van der Waals surface area contributed by atoms with Gasteiger partial charge in [-0.05, 0) is 53.9 Å². The first-order valence-electron chi connectivity index (χ1n) is 10.0. The summed E-state index contributed by atoms with van der Waals surface area (Å²) >= 11 is 1.36. The Morgan fingerprint density at radius 1 is 1.00 bits per heavy atom. The standard InChI is InChI=1S/C24H17N5O3S/c30-22(14-3-6-16(7-4-14)27-24(32)20-2-1-11-33-20)15-5-8-19-17(12-15)18(23(31)28-19)13-25-21-9-10-26-29-21/h1-13H,(H,27,32)(H,28,31)(H2,25,26,29)/b18-13-. The number of hydrogen-bond acceptors (Lipinski definition) is 6. The van der Waals surface area contributed by atoms with E-state index in [0.29, 0.717) is 44.3 Å². The third-order valence-electron chi connectivity index (χ3n) is 5.08. The average Bonchev–Trinajstić information content (AvgIpc) is 3.59. The Hall–Kier alpha value is -4.50. The van der Waals surface area contributed by atoms with E-state index < -0.39 is 0 Å². The van der Waals surface area contributed by atoms with Crippen LogP contribution in [0.2, 0.25) is 0 Å². The van der Waals surface area contributed by atoms with Crippen LogP contribution < -0.4 is 16.0 Å². The quantitative estimate of drug-likeness (QED) is 0.255. The van der Waals surface area contributed by atoms with Gasteiger partial charge in [0.25, 0.3) is 11.8 Å². The van der Waals surface area contributed by atoms with E-state index in [1.165, 1.54) is 11.3 Å². The highest BCUT2D eigenvalue weighted by atomic mass is 32.1. The van der Waals surface area contributed by atoms with Crippen LogP contribution in [0.5, 0.6) is 0 Å². The number of carbonyl (C=O) groups is 3. The maximum atomic E-state index is 13.1. The second-order valence-corrected chi connectivity index (χ2v) is 8.16. The largest absolute Gasteiger partial charge is 0.344 e. The molecule has 2 aromatic carbocycles. The summed E-state index contributed by atoms with van der Waals surface area (Å²) in [6, 6.07) is 17.1. The van der Waals surface area contributed by atoms with Crippen molar-refractivity contribution in [2.75, 3.05) is 16.0 Å². The Labute approximate surface area is 192 Å². The molecule has 0 radical (unpaired) electrons. The normalized spacial score (nSPS) is 13.5. The fraction of sp³-hybridized carbons (Fsp3) is 0. The number of fused-ring (bicyclic) bond motifs is 1. The van der Waals surface area contributed by atoms with Gasteiger partial charge >= 0.3 is 0 Å². The number of nitrogens with one attached hydrogen (secondary N) is 4. The number of carbonyl (C=O) groups excluding carboxylic acids is 3. The van der Waals surface area contributed by atoms with E-state index in [2.05, 4.69) is 26.1 Å². The van der Waals surface area contributed by atoms with Crippen LogP contribution in [0.3, 0.4) is 0 Å². The Kier molecular flexibility index (Phi) is 5.29. The molecule has 5 rings (SSSR count). The number of aromatic amines is 1. The van der Waals surface area contributed by atoms with Crippen molar-refractivity contribution in [3.05, 3.63) is 100 Å². The number of amides is 2. The molecule has 162 valence electrons. The number of anilines is 3. The number of rotatable bonds is 6. The van der Waals surface area contributed by atoms with Crippen LogP contribution in [-0.4, -0.2) is 27.8 Å². The third-order valence-corrected chi connectivity index (χ3v) is 5.95. The van der Waals surface area contributed by atoms with Gasteiger partial charge in [0.05, 0.1) is 10.5 Å². The topological polar surface area (TPSA) is 116 Å². The van der Waals surface area contributed by atoms with Crippen LogP contribution in [0.1, 0.15) is 31.2 Å². The van der Waals surface area contributed by atoms with Gasteiger partial charge in [0.1, 0.15) is 0 Å². The molecule has 0 fully saturated rings. The zero-order valence-corrected chi connectivity index (χ0v) is 17.9. The lowest BCUT2D eigenvalue weighted by molar-refractivity contribution is -0.110. The maximum Gasteiger partial charge on any atom is 0.265 e. The van der Waals surface area contributed by atoms with Gasteiger partial charge in [-0.1, -0.05) is 6.07 Å². The zero-order valence-electron chi connectivity index (χ0n) is 17.1. The van der Waals surface area contributed by atoms with Crippen LogP contribution in [0, 0.1) is 0 Å². The SMILES string of the molecule is O=C1Nc2ccc(C(=O)c3ccc(NC(=O)c4cccs4)cc3)cc2/C1=C/Nc1cc[nH]n1. The Balaban J connectivity index is 1.35. The van der Waals surface area contributed by atoms with Crippen molar-refractivity contribution in [3.63, 3.8) is 0 Å². The molecule has 8 nitrogen and oxygen atoms in total. The molecule has 33 heavy (non-hydrogen) atoms. The van der Waals surface area contributed by atoms with E-state index in [-0.39, 0.29) is 17.6 Å². The Morgan fingerprint density at radius 2 is 1.82 bits per heavy atom. The smallest absolute Gasteiger partial charge is 0.265 e. The van der Waals surface area contributed by atoms with Crippen molar-refractivity contribution in [3.8, 4) is 0 Å². The van der Waals surface area contributed by atoms with Gasteiger partial charge in [-0.2, -0.15) is 5.10 Å². The number of hydrogen-bond donors (Lipinski definition) is 4. The van der Waals surface area contributed by atoms with Crippen molar-refractivity contribution in [1.82, 2.24) is 10.2 Å². The second kappa shape index (κ2) is 8.56. The minimum absolute atomic E-state index is 0.187. The van der Waals surface area contributed by atoms with Gasteiger partial charge in [-0.3, -0.25) is 19.5 Å². The number of H-pyrrole nitrogens is 1. The molecule has 4 aromatic rings. The van der Waals surface area contributed by atoms with Gasteiger partial charge in [-0.15, -0.1) is 11.3 Å². The van der Waals surface area contributed by atoms with Crippen LogP contribution in [0.25, 0.3) is 5.57 Å². The molecular weight excluding hydrogens is 438 g/mol. The molecule has 9 heteroatoms. The van der Waals surface area contributed by atoms with Gasteiger partial charge in [-0.25, -0.2) is 0 Å². The molecule has 4 N–H and O–H groups in total. The predicted octanol–water partition coefficient (Wildman–Crippen LogP) is 4.36.